The van der Waals surface area contributed by atoms with E-state index in [9.17, 15) is 13.2 Å². The third-order valence-corrected chi connectivity index (χ3v) is 6.05. The number of ether oxygens (including phenoxy) is 3. The first kappa shape index (κ1) is 21.4. The molecule has 0 aromatic heterocycles. The van der Waals surface area contributed by atoms with E-state index in [1.165, 1.54) is 19.2 Å². The number of carbonyl (C=O) groups is 1. The fraction of sp³-hybridized carbons (Fsp3) is 0.381. The summed E-state index contributed by atoms with van der Waals surface area (Å²) in [5.41, 5.74) is 1.28. The maximum Gasteiger partial charge on any atom is 0.338 e. The highest BCUT2D eigenvalue weighted by Gasteiger charge is 2.42. The first-order chi connectivity index (χ1) is 13.8. The van der Waals surface area contributed by atoms with Crippen LogP contribution in [0.2, 0.25) is 0 Å². The van der Waals surface area contributed by atoms with Crippen molar-refractivity contribution in [1.29, 1.82) is 0 Å². The van der Waals surface area contributed by atoms with Crippen molar-refractivity contribution in [3.8, 4) is 0 Å². The zero-order valence-electron chi connectivity index (χ0n) is 16.5. The molecule has 0 aliphatic carbocycles. The molecular formula is C21H24O7S. The van der Waals surface area contributed by atoms with Crippen LogP contribution in [0.25, 0.3) is 0 Å². The molecule has 0 amide bonds. The van der Waals surface area contributed by atoms with Gasteiger partial charge in [-0.2, -0.15) is 8.42 Å². The molecule has 8 heteroatoms. The number of hydrogen-bond acceptors (Lipinski definition) is 7. The average Bonchev–Trinajstić information content (AvgIpc) is 2.71. The SMILES string of the molecule is CO[C@@H]1C[C@@H](OS(=O)(=O)c2ccc(C)cc2)[C@H](OC(=O)c2ccccc2)[C@@H](C)O1. The minimum Gasteiger partial charge on any atom is -0.453 e. The first-order valence-electron chi connectivity index (χ1n) is 9.24. The molecule has 29 heavy (non-hydrogen) atoms. The number of methoxy groups -OCH3 is 1. The summed E-state index contributed by atoms with van der Waals surface area (Å²) >= 11 is 0. The van der Waals surface area contributed by atoms with Crippen LogP contribution >= 0.6 is 0 Å². The summed E-state index contributed by atoms with van der Waals surface area (Å²) in [7, 11) is -2.61. The van der Waals surface area contributed by atoms with Crippen molar-refractivity contribution in [3.63, 3.8) is 0 Å². The lowest BCUT2D eigenvalue weighted by Crippen LogP contribution is -2.51. The van der Waals surface area contributed by atoms with Gasteiger partial charge < -0.3 is 14.2 Å². The van der Waals surface area contributed by atoms with Crippen molar-refractivity contribution in [3.05, 3.63) is 65.7 Å². The Morgan fingerprint density at radius 2 is 1.72 bits per heavy atom. The fourth-order valence-corrected chi connectivity index (χ4v) is 4.20. The molecule has 0 unspecified atom stereocenters. The molecule has 7 nitrogen and oxygen atoms in total. The Labute approximate surface area is 170 Å². The van der Waals surface area contributed by atoms with E-state index in [0.717, 1.165) is 5.56 Å². The van der Waals surface area contributed by atoms with E-state index >= 15 is 0 Å². The van der Waals surface area contributed by atoms with Crippen LogP contribution < -0.4 is 0 Å². The Bertz CT molecular complexity index is 925. The second kappa shape index (κ2) is 9.04. The maximum absolute atomic E-state index is 12.8. The number of carbonyl (C=O) groups excluding carboxylic acids is 1. The van der Waals surface area contributed by atoms with Crippen LogP contribution in [-0.2, 0) is 28.5 Å². The number of esters is 1. The van der Waals surface area contributed by atoms with Gasteiger partial charge in [0.1, 0.15) is 6.10 Å². The number of aryl methyl sites for hydroxylation is 1. The largest absolute Gasteiger partial charge is 0.453 e. The van der Waals surface area contributed by atoms with E-state index in [4.69, 9.17) is 18.4 Å². The van der Waals surface area contributed by atoms with E-state index in [2.05, 4.69) is 0 Å². The van der Waals surface area contributed by atoms with Crippen LogP contribution in [0.1, 0.15) is 29.3 Å². The number of rotatable bonds is 6. The topological polar surface area (TPSA) is 88.1 Å². The highest BCUT2D eigenvalue weighted by atomic mass is 32.2. The van der Waals surface area contributed by atoms with Crippen LogP contribution in [0.15, 0.2) is 59.5 Å². The summed E-state index contributed by atoms with van der Waals surface area (Å²) < 4.78 is 47.5. The van der Waals surface area contributed by atoms with Gasteiger partial charge in [0.15, 0.2) is 12.4 Å². The van der Waals surface area contributed by atoms with Crippen molar-refractivity contribution >= 4 is 16.1 Å². The quantitative estimate of drug-likeness (QED) is 0.524. The summed E-state index contributed by atoms with van der Waals surface area (Å²) in [5, 5.41) is 0. The van der Waals surface area contributed by atoms with Crippen LogP contribution in [0.3, 0.4) is 0 Å². The van der Waals surface area contributed by atoms with E-state index in [1.807, 2.05) is 6.92 Å². The van der Waals surface area contributed by atoms with Crippen LogP contribution in [-0.4, -0.2) is 46.1 Å². The van der Waals surface area contributed by atoms with Crippen molar-refractivity contribution in [2.75, 3.05) is 7.11 Å². The predicted octanol–water partition coefficient (Wildman–Crippen LogP) is 3.08. The zero-order chi connectivity index (χ0) is 21.0. The second-order valence-electron chi connectivity index (χ2n) is 6.88. The van der Waals surface area contributed by atoms with Gasteiger partial charge in [-0.15, -0.1) is 0 Å². The summed E-state index contributed by atoms with van der Waals surface area (Å²) in [6, 6.07) is 14.8. The Morgan fingerprint density at radius 3 is 2.34 bits per heavy atom. The molecule has 0 N–H and O–H groups in total. The van der Waals surface area contributed by atoms with Crippen molar-refractivity contribution in [2.24, 2.45) is 0 Å². The Balaban J connectivity index is 1.83. The normalized spacial score (nSPS) is 24.8. The number of hydrogen-bond donors (Lipinski definition) is 0. The fourth-order valence-electron chi connectivity index (χ4n) is 3.11. The third kappa shape index (κ3) is 5.22. The van der Waals surface area contributed by atoms with Gasteiger partial charge in [0, 0.05) is 13.5 Å². The van der Waals surface area contributed by atoms with Gasteiger partial charge in [0.2, 0.25) is 0 Å². The minimum absolute atomic E-state index is 0.0318. The summed E-state index contributed by atoms with van der Waals surface area (Å²) in [6.45, 7) is 3.54. The van der Waals surface area contributed by atoms with Crippen molar-refractivity contribution < 1.29 is 31.6 Å². The summed E-state index contributed by atoms with van der Waals surface area (Å²) in [4.78, 5) is 12.5. The smallest absolute Gasteiger partial charge is 0.338 e. The molecule has 1 saturated heterocycles. The van der Waals surface area contributed by atoms with Crippen LogP contribution in [0, 0.1) is 6.92 Å². The highest BCUT2D eigenvalue weighted by molar-refractivity contribution is 7.86. The molecule has 0 radical (unpaired) electrons. The Morgan fingerprint density at radius 1 is 1.07 bits per heavy atom. The standard InChI is InChI=1S/C21H24O7S/c1-14-9-11-17(12-10-14)29(23,24)28-18-13-19(25-3)26-15(2)20(18)27-21(22)16-7-5-4-6-8-16/h4-12,15,18-20H,13H2,1-3H3/t15-,18-,19+,20-/m1/s1. The molecule has 0 bridgehead atoms. The van der Waals surface area contributed by atoms with Crippen LogP contribution in [0.4, 0.5) is 0 Å². The predicted molar refractivity (Wildman–Crippen MR) is 105 cm³/mol. The lowest BCUT2D eigenvalue weighted by Gasteiger charge is -2.38. The molecule has 1 heterocycles. The Hall–Kier alpha value is -2.26. The third-order valence-electron chi connectivity index (χ3n) is 4.70. The monoisotopic (exact) mass is 420 g/mol. The molecule has 2 aromatic rings. The highest BCUT2D eigenvalue weighted by Crippen LogP contribution is 2.29. The van der Waals surface area contributed by atoms with Gasteiger partial charge in [0.25, 0.3) is 10.1 Å². The molecule has 3 rings (SSSR count). The van der Waals surface area contributed by atoms with Crippen LogP contribution in [0.5, 0.6) is 0 Å². The number of benzene rings is 2. The maximum atomic E-state index is 12.8. The Kier molecular flexibility index (Phi) is 6.69. The molecule has 0 spiro atoms. The van der Waals surface area contributed by atoms with E-state index in [1.54, 1.807) is 49.4 Å². The van der Waals surface area contributed by atoms with Crippen molar-refractivity contribution in [2.45, 2.75) is 49.8 Å². The van der Waals surface area contributed by atoms with E-state index < -0.39 is 40.7 Å². The molecule has 0 saturated carbocycles. The zero-order valence-corrected chi connectivity index (χ0v) is 17.3. The van der Waals surface area contributed by atoms with E-state index in [-0.39, 0.29) is 11.3 Å². The minimum atomic E-state index is -4.07. The summed E-state index contributed by atoms with van der Waals surface area (Å²) in [5.74, 6) is -0.580. The van der Waals surface area contributed by atoms with Gasteiger partial charge in [0.05, 0.1) is 16.6 Å². The lowest BCUT2D eigenvalue weighted by atomic mass is 10.0. The van der Waals surface area contributed by atoms with Gasteiger partial charge in [-0.25, -0.2) is 4.79 Å². The molecular weight excluding hydrogens is 396 g/mol. The second-order valence-corrected chi connectivity index (χ2v) is 8.45. The average molecular weight is 420 g/mol. The first-order valence-corrected chi connectivity index (χ1v) is 10.6. The molecule has 156 valence electrons. The molecule has 2 aromatic carbocycles. The van der Waals surface area contributed by atoms with Gasteiger partial charge >= 0.3 is 5.97 Å². The van der Waals surface area contributed by atoms with Crippen molar-refractivity contribution in [1.82, 2.24) is 0 Å². The van der Waals surface area contributed by atoms with E-state index in [0.29, 0.717) is 5.56 Å². The summed E-state index contributed by atoms with van der Waals surface area (Å²) in [6.07, 6.45) is -3.08. The molecule has 1 aliphatic rings. The van der Waals surface area contributed by atoms with Gasteiger partial charge in [-0.05, 0) is 38.1 Å². The molecule has 4 atom stereocenters. The van der Waals surface area contributed by atoms with Gasteiger partial charge in [-0.3, -0.25) is 4.18 Å². The lowest BCUT2D eigenvalue weighted by molar-refractivity contribution is -0.232. The molecule has 1 fully saturated rings. The molecule has 1 aliphatic heterocycles. The van der Waals surface area contributed by atoms with Gasteiger partial charge in [-0.1, -0.05) is 35.9 Å².